The van der Waals surface area contributed by atoms with Crippen LogP contribution in [0.15, 0.2) is 16.5 Å². The molecule has 3 heteroatoms. The van der Waals surface area contributed by atoms with E-state index in [0.717, 1.165) is 35.8 Å². The Balaban J connectivity index is 1.66. The number of nitrogens with one attached hydrogen (secondary N) is 1. The highest BCUT2D eigenvalue weighted by atomic mass is 32.2. The average molecular weight is 253 g/mol. The lowest BCUT2D eigenvalue weighted by Crippen LogP contribution is -2.14. The first-order chi connectivity index (χ1) is 8.28. The fourth-order valence-electron chi connectivity index (χ4n) is 1.61. The minimum Gasteiger partial charge on any atom is -0.464 e. The van der Waals surface area contributed by atoms with E-state index in [1.54, 1.807) is 0 Å². The summed E-state index contributed by atoms with van der Waals surface area (Å²) in [4.78, 5) is 0. The van der Waals surface area contributed by atoms with Gasteiger partial charge in [-0.15, -0.1) is 0 Å². The SMILES string of the molecule is CCC(C)CSCc1ccc(CNC2CC2)o1. The van der Waals surface area contributed by atoms with Crippen LogP contribution in [0.25, 0.3) is 0 Å². The second kappa shape index (κ2) is 6.50. The summed E-state index contributed by atoms with van der Waals surface area (Å²) in [6.45, 7) is 5.45. The van der Waals surface area contributed by atoms with Gasteiger partial charge in [-0.05, 0) is 36.6 Å². The van der Waals surface area contributed by atoms with Crippen LogP contribution in [0.3, 0.4) is 0 Å². The molecule has 1 atom stereocenters. The largest absolute Gasteiger partial charge is 0.464 e. The first-order valence-electron chi connectivity index (χ1n) is 6.66. The monoisotopic (exact) mass is 253 g/mol. The van der Waals surface area contributed by atoms with Crippen LogP contribution in [0, 0.1) is 5.92 Å². The molecule has 2 nitrogen and oxygen atoms in total. The van der Waals surface area contributed by atoms with Crippen LogP contribution < -0.4 is 5.32 Å². The van der Waals surface area contributed by atoms with Gasteiger partial charge in [-0.2, -0.15) is 11.8 Å². The van der Waals surface area contributed by atoms with E-state index >= 15 is 0 Å². The molecule has 0 saturated heterocycles. The zero-order valence-corrected chi connectivity index (χ0v) is 11.7. The molecule has 1 aliphatic carbocycles. The van der Waals surface area contributed by atoms with E-state index in [0.29, 0.717) is 0 Å². The van der Waals surface area contributed by atoms with Crippen LogP contribution in [-0.4, -0.2) is 11.8 Å². The highest BCUT2D eigenvalue weighted by Gasteiger charge is 2.20. The highest BCUT2D eigenvalue weighted by molar-refractivity contribution is 7.98. The van der Waals surface area contributed by atoms with Gasteiger partial charge in [0.1, 0.15) is 11.5 Å². The van der Waals surface area contributed by atoms with Gasteiger partial charge in [-0.3, -0.25) is 0 Å². The van der Waals surface area contributed by atoms with Gasteiger partial charge in [-0.1, -0.05) is 20.3 Å². The second-order valence-electron chi connectivity index (χ2n) is 5.05. The summed E-state index contributed by atoms with van der Waals surface area (Å²) in [7, 11) is 0. The normalized spacial score (nSPS) is 17.3. The van der Waals surface area contributed by atoms with Crippen molar-refractivity contribution in [3.05, 3.63) is 23.7 Å². The van der Waals surface area contributed by atoms with Crippen molar-refractivity contribution in [2.24, 2.45) is 5.92 Å². The maximum absolute atomic E-state index is 5.79. The van der Waals surface area contributed by atoms with Crippen molar-refractivity contribution in [1.29, 1.82) is 0 Å². The highest BCUT2D eigenvalue weighted by Crippen LogP contribution is 2.21. The third kappa shape index (κ3) is 4.76. The number of hydrogen-bond acceptors (Lipinski definition) is 3. The van der Waals surface area contributed by atoms with Gasteiger partial charge in [-0.25, -0.2) is 0 Å². The average Bonchev–Trinajstić information content (AvgIpc) is 3.06. The summed E-state index contributed by atoms with van der Waals surface area (Å²) in [6, 6.07) is 4.98. The lowest BCUT2D eigenvalue weighted by Gasteiger charge is -2.06. The van der Waals surface area contributed by atoms with Gasteiger partial charge < -0.3 is 9.73 Å². The minimum atomic E-state index is 0.753. The third-order valence-electron chi connectivity index (χ3n) is 3.20. The number of thioether (sulfide) groups is 1. The van der Waals surface area contributed by atoms with Crippen LogP contribution in [0.2, 0.25) is 0 Å². The lowest BCUT2D eigenvalue weighted by molar-refractivity contribution is 0.458. The van der Waals surface area contributed by atoms with E-state index in [-0.39, 0.29) is 0 Å². The number of furan rings is 1. The number of hydrogen-bond donors (Lipinski definition) is 1. The van der Waals surface area contributed by atoms with E-state index in [4.69, 9.17) is 4.42 Å². The van der Waals surface area contributed by atoms with Crippen molar-refractivity contribution < 1.29 is 4.42 Å². The van der Waals surface area contributed by atoms with E-state index in [1.807, 2.05) is 11.8 Å². The van der Waals surface area contributed by atoms with E-state index in [2.05, 4.69) is 31.3 Å². The molecular weight excluding hydrogens is 230 g/mol. The van der Waals surface area contributed by atoms with Gasteiger partial charge in [0.15, 0.2) is 0 Å². The topological polar surface area (TPSA) is 25.2 Å². The quantitative estimate of drug-likeness (QED) is 0.762. The van der Waals surface area contributed by atoms with Crippen molar-refractivity contribution in [2.45, 2.75) is 51.4 Å². The Morgan fingerprint density at radius 2 is 2.18 bits per heavy atom. The van der Waals surface area contributed by atoms with Crippen molar-refractivity contribution in [3.8, 4) is 0 Å². The minimum absolute atomic E-state index is 0.753. The maximum atomic E-state index is 5.79. The summed E-state index contributed by atoms with van der Waals surface area (Å²) < 4.78 is 5.79. The van der Waals surface area contributed by atoms with Crippen LogP contribution in [0.1, 0.15) is 44.6 Å². The zero-order valence-electron chi connectivity index (χ0n) is 10.9. The van der Waals surface area contributed by atoms with E-state index in [9.17, 15) is 0 Å². The van der Waals surface area contributed by atoms with E-state index in [1.165, 1.54) is 25.0 Å². The molecule has 1 fully saturated rings. The fraction of sp³-hybridized carbons (Fsp3) is 0.714. The predicted octanol–water partition coefficient (Wildman–Crippen LogP) is 3.81. The molecule has 0 aliphatic heterocycles. The molecule has 1 aromatic rings. The Kier molecular flexibility index (Phi) is 4.99. The Hall–Kier alpha value is -0.410. The summed E-state index contributed by atoms with van der Waals surface area (Å²) in [5.41, 5.74) is 0. The summed E-state index contributed by atoms with van der Waals surface area (Å²) in [5, 5.41) is 3.47. The standard InChI is InChI=1S/C14H23NOS/c1-3-11(2)9-17-10-14-7-6-13(16-14)8-15-12-4-5-12/h6-7,11-12,15H,3-5,8-10H2,1-2H3. The van der Waals surface area contributed by atoms with Gasteiger partial charge in [0.25, 0.3) is 0 Å². The van der Waals surface area contributed by atoms with Gasteiger partial charge >= 0.3 is 0 Å². The Labute approximate surface area is 109 Å². The molecule has 1 unspecified atom stereocenters. The summed E-state index contributed by atoms with van der Waals surface area (Å²) in [5.74, 6) is 5.24. The van der Waals surface area contributed by atoms with Crippen LogP contribution in [-0.2, 0) is 12.3 Å². The fourth-order valence-corrected chi connectivity index (χ4v) is 2.72. The second-order valence-corrected chi connectivity index (χ2v) is 6.08. The summed E-state index contributed by atoms with van der Waals surface area (Å²) in [6.07, 6.45) is 3.93. The molecule has 1 aromatic heterocycles. The first kappa shape index (κ1) is 13.0. The predicted molar refractivity (Wildman–Crippen MR) is 74.2 cm³/mol. The number of rotatable bonds is 8. The van der Waals surface area contributed by atoms with Crippen molar-refractivity contribution >= 4 is 11.8 Å². The molecule has 0 amide bonds. The van der Waals surface area contributed by atoms with Crippen molar-refractivity contribution in [2.75, 3.05) is 5.75 Å². The molecular formula is C14H23NOS. The molecule has 17 heavy (non-hydrogen) atoms. The van der Waals surface area contributed by atoms with Gasteiger partial charge in [0, 0.05) is 6.04 Å². The molecule has 1 N–H and O–H groups in total. The molecule has 96 valence electrons. The zero-order chi connectivity index (χ0) is 12.1. The molecule has 0 aromatic carbocycles. The Morgan fingerprint density at radius 1 is 1.41 bits per heavy atom. The van der Waals surface area contributed by atoms with Gasteiger partial charge in [0.05, 0.1) is 12.3 Å². The Bertz CT molecular complexity index is 333. The molecule has 0 spiro atoms. The molecule has 1 heterocycles. The lowest BCUT2D eigenvalue weighted by atomic mass is 10.2. The first-order valence-corrected chi connectivity index (χ1v) is 7.82. The van der Waals surface area contributed by atoms with Crippen LogP contribution >= 0.6 is 11.8 Å². The molecule has 2 rings (SSSR count). The third-order valence-corrected chi connectivity index (χ3v) is 4.50. The maximum Gasteiger partial charge on any atom is 0.118 e. The summed E-state index contributed by atoms with van der Waals surface area (Å²) >= 11 is 1.97. The molecule has 1 saturated carbocycles. The van der Waals surface area contributed by atoms with Crippen molar-refractivity contribution in [1.82, 2.24) is 5.32 Å². The Morgan fingerprint density at radius 3 is 2.88 bits per heavy atom. The molecule has 1 aliphatic rings. The molecule has 0 bridgehead atoms. The van der Waals surface area contributed by atoms with Crippen LogP contribution in [0.4, 0.5) is 0 Å². The van der Waals surface area contributed by atoms with Crippen molar-refractivity contribution in [3.63, 3.8) is 0 Å². The van der Waals surface area contributed by atoms with Gasteiger partial charge in [0.2, 0.25) is 0 Å². The van der Waals surface area contributed by atoms with E-state index < -0.39 is 0 Å². The smallest absolute Gasteiger partial charge is 0.118 e. The van der Waals surface area contributed by atoms with Crippen LogP contribution in [0.5, 0.6) is 0 Å². The molecule has 0 radical (unpaired) electrons.